The van der Waals surface area contributed by atoms with Gasteiger partial charge in [0.1, 0.15) is 11.6 Å². The fourth-order valence-electron chi connectivity index (χ4n) is 2.14. The van der Waals surface area contributed by atoms with Gasteiger partial charge in [0.05, 0.1) is 10.6 Å². The number of carbonyl (C=O) groups excluding carboxylic acids is 1. The van der Waals surface area contributed by atoms with Crippen LogP contribution in [0.2, 0.25) is 0 Å². The highest BCUT2D eigenvalue weighted by Crippen LogP contribution is 2.24. The average Bonchev–Trinajstić information content (AvgIpc) is 2.70. The van der Waals surface area contributed by atoms with E-state index in [4.69, 9.17) is 4.74 Å². The van der Waals surface area contributed by atoms with Gasteiger partial charge in [-0.1, -0.05) is 6.07 Å². The van der Waals surface area contributed by atoms with Crippen LogP contribution in [0.1, 0.15) is 18.9 Å². The molecule has 1 fully saturated rings. The summed E-state index contributed by atoms with van der Waals surface area (Å²) >= 11 is 3.12. The summed E-state index contributed by atoms with van der Waals surface area (Å²) in [6.45, 7) is 2.58. The van der Waals surface area contributed by atoms with E-state index in [0.717, 1.165) is 12.0 Å². The molecule has 17 heavy (non-hydrogen) atoms. The first-order valence-electron chi connectivity index (χ1n) is 5.66. The quantitative estimate of drug-likeness (QED) is 0.857. The van der Waals surface area contributed by atoms with Gasteiger partial charge in [-0.2, -0.15) is 0 Å². The Balaban J connectivity index is 2.05. The molecular formula is C13H14BrFO2. The number of rotatable bonds is 3. The van der Waals surface area contributed by atoms with Gasteiger partial charge in [-0.25, -0.2) is 4.39 Å². The molecule has 0 spiro atoms. The molecule has 0 saturated carbocycles. The summed E-state index contributed by atoms with van der Waals surface area (Å²) in [7, 11) is 0. The Morgan fingerprint density at radius 3 is 2.94 bits per heavy atom. The zero-order valence-corrected chi connectivity index (χ0v) is 11.2. The first-order chi connectivity index (χ1) is 8.08. The largest absolute Gasteiger partial charge is 0.378 e. The molecule has 2 nitrogen and oxygen atoms in total. The van der Waals surface area contributed by atoms with Crippen molar-refractivity contribution in [1.82, 2.24) is 0 Å². The SMILES string of the molecule is CC1OCCC1C(=O)Cc1ccc(F)c(Br)c1. The van der Waals surface area contributed by atoms with Crippen molar-refractivity contribution in [3.05, 3.63) is 34.1 Å². The minimum absolute atomic E-state index is 0.00592. The van der Waals surface area contributed by atoms with E-state index in [1.807, 2.05) is 6.92 Å². The van der Waals surface area contributed by atoms with Gasteiger partial charge in [0.15, 0.2) is 0 Å². The van der Waals surface area contributed by atoms with Crippen LogP contribution in [0.15, 0.2) is 22.7 Å². The lowest BCUT2D eigenvalue weighted by molar-refractivity contribution is -0.123. The fourth-order valence-corrected chi connectivity index (χ4v) is 2.56. The Morgan fingerprint density at radius 2 is 2.35 bits per heavy atom. The Kier molecular flexibility index (Phi) is 3.94. The van der Waals surface area contributed by atoms with Gasteiger partial charge >= 0.3 is 0 Å². The number of halogens is 2. The smallest absolute Gasteiger partial charge is 0.142 e. The maximum Gasteiger partial charge on any atom is 0.142 e. The maximum absolute atomic E-state index is 13.0. The number of benzene rings is 1. The topological polar surface area (TPSA) is 26.3 Å². The lowest BCUT2D eigenvalue weighted by atomic mass is 9.93. The predicted octanol–water partition coefficient (Wildman–Crippen LogP) is 3.12. The van der Waals surface area contributed by atoms with E-state index in [0.29, 0.717) is 17.5 Å². The third-order valence-corrected chi connectivity index (χ3v) is 3.76. The molecular weight excluding hydrogens is 287 g/mol. The van der Waals surface area contributed by atoms with Crippen LogP contribution in [0.4, 0.5) is 4.39 Å². The van der Waals surface area contributed by atoms with Crippen molar-refractivity contribution >= 4 is 21.7 Å². The molecule has 2 rings (SSSR count). The predicted molar refractivity (Wildman–Crippen MR) is 66.3 cm³/mol. The molecule has 2 atom stereocenters. The van der Waals surface area contributed by atoms with E-state index in [1.54, 1.807) is 12.1 Å². The summed E-state index contributed by atoms with van der Waals surface area (Å²) in [5.41, 5.74) is 0.836. The minimum atomic E-state index is -0.307. The Labute approximate surface area is 108 Å². The standard InChI is InChI=1S/C13H14BrFO2/c1-8-10(4-5-17-8)13(16)7-9-2-3-12(15)11(14)6-9/h2-3,6,8,10H,4-5,7H2,1H3. The summed E-state index contributed by atoms with van der Waals surface area (Å²) in [6, 6.07) is 4.69. The lowest BCUT2D eigenvalue weighted by Gasteiger charge is -2.12. The molecule has 1 saturated heterocycles. The third-order valence-electron chi connectivity index (χ3n) is 3.15. The van der Waals surface area contributed by atoms with Gasteiger partial charge in [0, 0.05) is 18.9 Å². The van der Waals surface area contributed by atoms with Crippen LogP contribution >= 0.6 is 15.9 Å². The molecule has 1 aliphatic heterocycles. The number of hydrogen-bond acceptors (Lipinski definition) is 2. The second-order valence-corrected chi connectivity index (χ2v) is 5.22. The van der Waals surface area contributed by atoms with Gasteiger partial charge in [0.2, 0.25) is 0 Å². The van der Waals surface area contributed by atoms with Crippen molar-refractivity contribution in [1.29, 1.82) is 0 Å². The second kappa shape index (κ2) is 5.27. The van der Waals surface area contributed by atoms with Crippen LogP contribution in [0.5, 0.6) is 0 Å². The highest BCUT2D eigenvalue weighted by molar-refractivity contribution is 9.10. The number of Topliss-reactive ketones (excluding diaryl/α,β-unsaturated/α-hetero) is 1. The second-order valence-electron chi connectivity index (χ2n) is 4.36. The van der Waals surface area contributed by atoms with E-state index < -0.39 is 0 Å². The van der Waals surface area contributed by atoms with Crippen LogP contribution in [0.25, 0.3) is 0 Å². The highest BCUT2D eigenvalue weighted by Gasteiger charge is 2.30. The summed E-state index contributed by atoms with van der Waals surface area (Å²) < 4.78 is 18.8. The van der Waals surface area contributed by atoms with Crippen molar-refractivity contribution in [2.75, 3.05) is 6.61 Å². The van der Waals surface area contributed by atoms with Crippen molar-refractivity contribution in [2.45, 2.75) is 25.9 Å². The van der Waals surface area contributed by atoms with Crippen LogP contribution in [-0.2, 0) is 16.0 Å². The van der Waals surface area contributed by atoms with E-state index >= 15 is 0 Å². The van der Waals surface area contributed by atoms with Crippen LogP contribution < -0.4 is 0 Å². The number of ketones is 1. The molecule has 1 aromatic carbocycles. The van der Waals surface area contributed by atoms with E-state index in [-0.39, 0.29) is 23.6 Å². The summed E-state index contributed by atoms with van der Waals surface area (Å²) in [5.74, 6) is -0.147. The van der Waals surface area contributed by atoms with Crippen molar-refractivity contribution in [3.63, 3.8) is 0 Å². The van der Waals surface area contributed by atoms with E-state index in [9.17, 15) is 9.18 Å². The van der Waals surface area contributed by atoms with Crippen LogP contribution in [-0.4, -0.2) is 18.5 Å². The molecule has 0 amide bonds. The monoisotopic (exact) mass is 300 g/mol. The Hall–Kier alpha value is -0.740. The number of ether oxygens (including phenoxy) is 1. The lowest BCUT2D eigenvalue weighted by Crippen LogP contribution is -2.23. The first kappa shape index (κ1) is 12.7. The maximum atomic E-state index is 13.0. The first-order valence-corrected chi connectivity index (χ1v) is 6.45. The molecule has 0 radical (unpaired) electrons. The number of carbonyl (C=O) groups is 1. The average molecular weight is 301 g/mol. The van der Waals surface area contributed by atoms with Crippen molar-refractivity contribution in [3.8, 4) is 0 Å². The van der Waals surface area contributed by atoms with Crippen molar-refractivity contribution in [2.24, 2.45) is 5.92 Å². The Bertz CT molecular complexity index is 433. The van der Waals surface area contributed by atoms with Gasteiger partial charge in [0.25, 0.3) is 0 Å². The molecule has 1 heterocycles. The Morgan fingerprint density at radius 1 is 1.59 bits per heavy atom. The molecule has 92 valence electrons. The molecule has 0 aromatic heterocycles. The molecule has 1 aromatic rings. The normalized spacial score (nSPS) is 23.9. The number of hydrogen-bond donors (Lipinski definition) is 0. The van der Waals surface area contributed by atoms with Gasteiger partial charge < -0.3 is 4.74 Å². The van der Waals surface area contributed by atoms with Gasteiger partial charge in [-0.05, 0) is 47.0 Å². The molecule has 2 unspecified atom stereocenters. The molecule has 0 bridgehead atoms. The van der Waals surface area contributed by atoms with Crippen molar-refractivity contribution < 1.29 is 13.9 Å². The molecule has 4 heteroatoms. The summed E-state index contributed by atoms with van der Waals surface area (Å²) in [6.07, 6.45) is 1.14. The van der Waals surface area contributed by atoms with E-state index in [2.05, 4.69) is 15.9 Å². The molecule has 0 aliphatic carbocycles. The van der Waals surface area contributed by atoms with E-state index in [1.165, 1.54) is 6.07 Å². The van der Waals surface area contributed by atoms with Gasteiger partial charge in [-0.15, -0.1) is 0 Å². The summed E-state index contributed by atoms with van der Waals surface area (Å²) in [4.78, 5) is 12.0. The molecule has 1 aliphatic rings. The zero-order chi connectivity index (χ0) is 12.4. The van der Waals surface area contributed by atoms with Gasteiger partial charge in [-0.3, -0.25) is 4.79 Å². The van der Waals surface area contributed by atoms with Crippen LogP contribution in [0.3, 0.4) is 0 Å². The summed E-state index contributed by atoms with van der Waals surface area (Å²) in [5, 5.41) is 0. The van der Waals surface area contributed by atoms with Crippen LogP contribution in [0, 0.1) is 11.7 Å². The zero-order valence-electron chi connectivity index (χ0n) is 9.58. The fraction of sp³-hybridized carbons (Fsp3) is 0.462. The molecule has 0 N–H and O–H groups in total. The minimum Gasteiger partial charge on any atom is -0.378 e. The third kappa shape index (κ3) is 2.93. The highest BCUT2D eigenvalue weighted by atomic mass is 79.9.